The van der Waals surface area contributed by atoms with E-state index >= 15 is 0 Å². The van der Waals surface area contributed by atoms with Crippen molar-refractivity contribution in [2.45, 2.75) is 32.1 Å². The first kappa shape index (κ1) is 16.5. The lowest BCUT2D eigenvalue weighted by Gasteiger charge is -2.17. The van der Waals surface area contributed by atoms with E-state index in [0.29, 0.717) is 11.4 Å². The van der Waals surface area contributed by atoms with Gasteiger partial charge < -0.3 is 5.32 Å². The second-order valence-corrected chi connectivity index (χ2v) is 5.74. The summed E-state index contributed by atoms with van der Waals surface area (Å²) in [5.74, 6) is -0.149. The summed E-state index contributed by atoms with van der Waals surface area (Å²) in [7, 11) is 0. The van der Waals surface area contributed by atoms with E-state index in [1.54, 1.807) is 12.4 Å². The Morgan fingerprint density at radius 2 is 1.86 bits per heavy atom. The summed E-state index contributed by atoms with van der Waals surface area (Å²) in [5.41, 5.74) is 2.08. The maximum absolute atomic E-state index is 12.5. The van der Waals surface area contributed by atoms with E-state index in [1.165, 1.54) is 0 Å². The second-order valence-electron chi connectivity index (χ2n) is 5.31. The fraction of sp³-hybridized carbons (Fsp3) is 0.333. The molecular formula is C18H21ClN2O. The van der Waals surface area contributed by atoms with Crippen molar-refractivity contribution in [3.8, 4) is 0 Å². The molecule has 0 aliphatic carbocycles. The molecule has 1 aromatic heterocycles. The molecule has 0 aliphatic heterocycles. The van der Waals surface area contributed by atoms with Crippen LogP contribution < -0.4 is 5.32 Å². The Morgan fingerprint density at radius 3 is 2.50 bits per heavy atom. The number of carbonyl (C=O) groups excluding carboxylic acids is 1. The summed E-state index contributed by atoms with van der Waals surface area (Å²) in [6.07, 6.45) is 6.22. The number of aromatic nitrogens is 1. The lowest BCUT2D eigenvalue weighted by molar-refractivity contribution is -0.122. The van der Waals surface area contributed by atoms with Crippen molar-refractivity contribution in [3.63, 3.8) is 0 Å². The van der Waals surface area contributed by atoms with Gasteiger partial charge in [-0.2, -0.15) is 0 Å². The molecule has 1 amide bonds. The standard InChI is InChI=1S/C18H21ClN2O/c1-2-3-10-21-18(22)17(13-14-8-11-20-12-9-14)15-4-6-16(19)7-5-15/h4-9,11-12,17H,2-3,10,13H2,1H3,(H,21,22). The lowest BCUT2D eigenvalue weighted by Crippen LogP contribution is -2.31. The summed E-state index contributed by atoms with van der Waals surface area (Å²) in [6, 6.07) is 11.4. The summed E-state index contributed by atoms with van der Waals surface area (Å²) in [6.45, 7) is 2.83. The molecular weight excluding hydrogens is 296 g/mol. The molecule has 116 valence electrons. The van der Waals surface area contributed by atoms with Crippen LogP contribution in [0, 0.1) is 0 Å². The van der Waals surface area contributed by atoms with E-state index in [4.69, 9.17) is 11.6 Å². The molecule has 1 N–H and O–H groups in total. The summed E-state index contributed by atoms with van der Waals surface area (Å²) >= 11 is 5.95. The van der Waals surface area contributed by atoms with Gasteiger partial charge in [-0.25, -0.2) is 0 Å². The fourth-order valence-corrected chi connectivity index (χ4v) is 2.45. The van der Waals surface area contributed by atoms with Crippen molar-refractivity contribution in [2.75, 3.05) is 6.54 Å². The van der Waals surface area contributed by atoms with Crippen LogP contribution in [0.25, 0.3) is 0 Å². The third-order valence-electron chi connectivity index (χ3n) is 3.61. The average Bonchev–Trinajstić information content (AvgIpc) is 2.55. The van der Waals surface area contributed by atoms with Crippen molar-refractivity contribution in [2.24, 2.45) is 0 Å². The molecule has 0 aliphatic rings. The topological polar surface area (TPSA) is 42.0 Å². The number of benzene rings is 1. The number of amides is 1. The molecule has 1 aromatic carbocycles. The van der Waals surface area contributed by atoms with Gasteiger partial charge >= 0.3 is 0 Å². The van der Waals surface area contributed by atoms with Gasteiger partial charge in [-0.3, -0.25) is 9.78 Å². The van der Waals surface area contributed by atoms with Crippen LogP contribution in [0.2, 0.25) is 5.02 Å². The van der Waals surface area contributed by atoms with Crippen LogP contribution in [0.1, 0.15) is 36.8 Å². The third-order valence-corrected chi connectivity index (χ3v) is 3.86. The first-order chi connectivity index (χ1) is 10.7. The minimum absolute atomic E-state index is 0.0626. The zero-order valence-electron chi connectivity index (χ0n) is 12.8. The van der Waals surface area contributed by atoms with E-state index in [0.717, 1.165) is 30.5 Å². The molecule has 1 heterocycles. The highest BCUT2D eigenvalue weighted by molar-refractivity contribution is 6.30. The Labute approximate surface area is 136 Å². The molecule has 22 heavy (non-hydrogen) atoms. The fourth-order valence-electron chi connectivity index (χ4n) is 2.32. The number of halogens is 1. The highest BCUT2D eigenvalue weighted by atomic mass is 35.5. The van der Waals surface area contributed by atoms with Crippen LogP contribution in [-0.4, -0.2) is 17.4 Å². The normalized spacial score (nSPS) is 11.9. The molecule has 0 radical (unpaired) electrons. The van der Waals surface area contributed by atoms with Gasteiger partial charge in [0.1, 0.15) is 0 Å². The Hall–Kier alpha value is -1.87. The van der Waals surface area contributed by atoms with Crippen LogP contribution in [0.5, 0.6) is 0 Å². The van der Waals surface area contributed by atoms with E-state index in [9.17, 15) is 4.79 Å². The van der Waals surface area contributed by atoms with Crippen LogP contribution in [0.15, 0.2) is 48.8 Å². The van der Waals surface area contributed by atoms with Gasteiger partial charge in [0, 0.05) is 24.0 Å². The molecule has 0 saturated carbocycles. The molecule has 0 bridgehead atoms. The monoisotopic (exact) mass is 316 g/mol. The first-order valence-corrected chi connectivity index (χ1v) is 8.00. The SMILES string of the molecule is CCCCNC(=O)C(Cc1ccncc1)c1ccc(Cl)cc1. The smallest absolute Gasteiger partial charge is 0.227 e. The van der Waals surface area contributed by atoms with Gasteiger partial charge in [0.25, 0.3) is 0 Å². The quantitative estimate of drug-likeness (QED) is 0.785. The van der Waals surface area contributed by atoms with E-state index < -0.39 is 0 Å². The minimum atomic E-state index is -0.212. The number of carbonyl (C=O) groups is 1. The maximum atomic E-state index is 12.5. The zero-order valence-corrected chi connectivity index (χ0v) is 13.5. The molecule has 1 atom stereocenters. The molecule has 4 heteroatoms. The van der Waals surface area contributed by atoms with Gasteiger partial charge in [-0.1, -0.05) is 37.1 Å². The Bertz CT molecular complexity index is 584. The van der Waals surface area contributed by atoms with Crippen molar-refractivity contribution < 1.29 is 4.79 Å². The number of hydrogen-bond donors (Lipinski definition) is 1. The van der Waals surface area contributed by atoms with Gasteiger partial charge in [0.05, 0.1) is 5.92 Å². The first-order valence-electron chi connectivity index (χ1n) is 7.62. The molecule has 2 rings (SSSR count). The third kappa shape index (κ3) is 4.85. The van der Waals surface area contributed by atoms with Gasteiger partial charge in [-0.05, 0) is 48.2 Å². The number of nitrogens with one attached hydrogen (secondary N) is 1. The van der Waals surface area contributed by atoms with Crippen molar-refractivity contribution in [3.05, 3.63) is 64.9 Å². The average molecular weight is 317 g/mol. The van der Waals surface area contributed by atoms with Crippen molar-refractivity contribution in [1.29, 1.82) is 0 Å². The number of rotatable bonds is 7. The molecule has 0 spiro atoms. The lowest BCUT2D eigenvalue weighted by atomic mass is 9.91. The minimum Gasteiger partial charge on any atom is -0.356 e. The molecule has 3 nitrogen and oxygen atoms in total. The Morgan fingerprint density at radius 1 is 1.18 bits per heavy atom. The molecule has 0 saturated heterocycles. The van der Waals surface area contributed by atoms with E-state index in [2.05, 4.69) is 17.2 Å². The Balaban J connectivity index is 2.16. The number of unbranched alkanes of at least 4 members (excludes halogenated alkanes) is 1. The predicted molar refractivity (Wildman–Crippen MR) is 90.1 cm³/mol. The number of nitrogens with zero attached hydrogens (tertiary/aromatic N) is 1. The van der Waals surface area contributed by atoms with Crippen LogP contribution in [0.4, 0.5) is 0 Å². The van der Waals surface area contributed by atoms with Gasteiger partial charge in [0.2, 0.25) is 5.91 Å². The molecule has 1 unspecified atom stereocenters. The van der Waals surface area contributed by atoms with Crippen LogP contribution in [-0.2, 0) is 11.2 Å². The van der Waals surface area contributed by atoms with Crippen molar-refractivity contribution >= 4 is 17.5 Å². The summed E-state index contributed by atoms with van der Waals surface area (Å²) in [4.78, 5) is 16.6. The van der Waals surface area contributed by atoms with E-state index in [1.807, 2.05) is 36.4 Å². The van der Waals surface area contributed by atoms with E-state index in [-0.39, 0.29) is 11.8 Å². The molecule has 2 aromatic rings. The van der Waals surface area contributed by atoms with Crippen LogP contribution in [0.3, 0.4) is 0 Å². The van der Waals surface area contributed by atoms with Crippen LogP contribution >= 0.6 is 11.6 Å². The van der Waals surface area contributed by atoms with Crippen molar-refractivity contribution in [1.82, 2.24) is 10.3 Å². The number of pyridine rings is 1. The maximum Gasteiger partial charge on any atom is 0.227 e. The Kier molecular flexibility index (Phi) is 6.41. The highest BCUT2D eigenvalue weighted by Gasteiger charge is 2.20. The highest BCUT2D eigenvalue weighted by Crippen LogP contribution is 2.23. The van der Waals surface area contributed by atoms with Gasteiger partial charge in [0.15, 0.2) is 0 Å². The summed E-state index contributed by atoms with van der Waals surface area (Å²) in [5, 5.41) is 3.71. The summed E-state index contributed by atoms with van der Waals surface area (Å²) < 4.78 is 0. The second kappa shape index (κ2) is 8.54. The zero-order chi connectivity index (χ0) is 15.8. The largest absolute Gasteiger partial charge is 0.356 e. The molecule has 0 fully saturated rings. The van der Waals surface area contributed by atoms with Gasteiger partial charge in [-0.15, -0.1) is 0 Å². The number of hydrogen-bond acceptors (Lipinski definition) is 2. The predicted octanol–water partition coefficient (Wildman–Crippen LogP) is 3.98.